The fourth-order valence-corrected chi connectivity index (χ4v) is 3.23. The van der Waals surface area contributed by atoms with Crippen molar-refractivity contribution in [2.45, 2.75) is 6.54 Å². The highest BCUT2D eigenvalue weighted by atomic mass is 16.6. The van der Waals surface area contributed by atoms with Crippen molar-refractivity contribution in [1.82, 2.24) is 5.16 Å². The summed E-state index contributed by atoms with van der Waals surface area (Å²) in [6, 6.07) is 12.3. The number of nitrogens with zero attached hydrogens (tertiary/aromatic N) is 3. The van der Waals surface area contributed by atoms with Gasteiger partial charge in [0.05, 0.1) is 37.4 Å². The predicted octanol–water partition coefficient (Wildman–Crippen LogP) is 1.75. The standard InChI is InChI=1S/C18H18N4O4/c23-22(24)16-5-3-15(4-6-16)21-9-7-20(8-10-21)13-14-12-18(26-19-14)17-2-1-11-25-17/h1-6,11-12H,7-10,13H2/p+1. The first-order chi connectivity index (χ1) is 12.7. The van der Waals surface area contributed by atoms with Crippen molar-refractivity contribution in [2.24, 2.45) is 0 Å². The molecule has 0 aliphatic carbocycles. The zero-order valence-electron chi connectivity index (χ0n) is 14.1. The molecule has 1 N–H and O–H groups in total. The average Bonchev–Trinajstić information content (AvgIpc) is 3.34. The third-order valence-corrected chi connectivity index (χ3v) is 4.65. The molecule has 1 aliphatic heterocycles. The summed E-state index contributed by atoms with van der Waals surface area (Å²) in [5, 5.41) is 14.9. The average molecular weight is 355 g/mol. The Bertz CT molecular complexity index is 865. The van der Waals surface area contributed by atoms with Crippen LogP contribution in [0.3, 0.4) is 0 Å². The Morgan fingerprint density at radius 1 is 1.15 bits per heavy atom. The monoisotopic (exact) mass is 355 g/mol. The highest BCUT2D eigenvalue weighted by Crippen LogP contribution is 2.21. The summed E-state index contributed by atoms with van der Waals surface area (Å²) in [4.78, 5) is 14.1. The van der Waals surface area contributed by atoms with Crippen molar-refractivity contribution in [2.75, 3.05) is 31.1 Å². The summed E-state index contributed by atoms with van der Waals surface area (Å²) in [5.74, 6) is 1.33. The number of piperazine rings is 1. The summed E-state index contributed by atoms with van der Waals surface area (Å²) < 4.78 is 10.7. The number of aromatic nitrogens is 1. The fraction of sp³-hybridized carbons (Fsp3) is 0.278. The maximum Gasteiger partial charge on any atom is 0.269 e. The number of quaternary nitrogens is 1. The Hall–Kier alpha value is -3.13. The molecule has 0 atom stereocenters. The fourth-order valence-electron chi connectivity index (χ4n) is 3.23. The molecule has 1 saturated heterocycles. The van der Waals surface area contributed by atoms with E-state index in [2.05, 4.69) is 10.1 Å². The van der Waals surface area contributed by atoms with Crippen LogP contribution in [0.5, 0.6) is 0 Å². The quantitative estimate of drug-likeness (QED) is 0.554. The molecule has 0 amide bonds. The van der Waals surface area contributed by atoms with Gasteiger partial charge in [0.25, 0.3) is 5.69 Å². The summed E-state index contributed by atoms with van der Waals surface area (Å²) >= 11 is 0. The van der Waals surface area contributed by atoms with Crippen molar-refractivity contribution in [1.29, 1.82) is 0 Å². The number of nitrogens with one attached hydrogen (secondary N) is 1. The van der Waals surface area contributed by atoms with E-state index in [4.69, 9.17) is 8.94 Å². The third kappa shape index (κ3) is 3.45. The lowest BCUT2D eigenvalue weighted by atomic mass is 10.2. The van der Waals surface area contributed by atoms with Crippen LogP contribution in [0.1, 0.15) is 5.69 Å². The summed E-state index contributed by atoms with van der Waals surface area (Å²) in [7, 11) is 0. The van der Waals surface area contributed by atoms with E-state index in [9.17, 15) is 10.1 Å². The van der Waals surface area contributed by atoms with Crippen LogP contribution in [0.2, 0.25) is 0 Å². The molecular formula is C18H19N4O4+. The minimum Gasteiger partial charge on any atom is -0.461 e. The normalized spacial score (nSPS) is 15.3. The number of non-ortho nitro benzene ring substituents is 1. The zero-order chi connectivity index (χ0) is 17.9. The maximum atomic E-state index is 10.8. The maximum absolute atomic E-state index is 10.8. The minimum absolute atomic E-state index is 0.122. The van der Waals surface area contributed by atoms with Crippen LogP contribution < -0.4 is 9.80 Å². The van der Waals surface area contributed by atoms with Crippen molar-refractivity contribution in [3.05, 3.63) is 64.5 Å². The van der Waals surface area contributed by atoms with E-state index in [0.717, 1.165) is 44.1 Å². The molecule has 0 radical (unpaired) electrons. The summed E-state index contributed by atoms with van der Waals surface area (Å²) in [6.07, 6.45) is 1.61. The van der Waals surface area contributed by atoms with Crippen LogP contribution in [-0.4, -0.2) is 36.3 Å². The highest BCUT2D eigenvalue weighted by Gasteiger charge is 2.22. The Labute approximate surface area is 149 Å². The van der Waals surface area contributed by atoms with Gasteiger partial charge >= 0.3 is 0 Å². The van der Waals surface area contributed by atoms with Crippen LogP contribution in [0.15, 0.2) is 57.7 Å². The third-order valence-electron chi connectivity index (χ3n) is 4.65. The Morgan fingerprint density at radius 2 is 1.92 bits per heavy atom. The number of hydrogen-bond donors (Lipinski definition) is 1. The molecule has 0 spiro atoms. The lowest BCUT2D eigenvalue weighted by Crippen LogP contribution is -3.13. The number of furan rings is 1. The van der Waals surface area contributed by atoms with Gasteiger partial charge in [-0.1, -0.05) is 5.16 Å². The van der Waals surface area contributed by atoms with E-state index in [0.29, 0.717) is 11.5 Å². The van der Waals surface area contributed by atoms with Gasteiger partial charge in [0, 0.05) is 23.9 Å². The van der Waals surface area contributed by atoms with Gasteiger partial charge in [0.2, 0.25) is 5.76 Å². The first-order valence-electron chi connectivity index (χ1n) is 8.51. The van der Waals surface area contributed by atoms with Crippen molar-refractivity contribution < 1.29 is 18.8 Å². The Morgan fingerprint density at radius 3 is 2.58 bits per heavy atom. The van der Waals surface area contributed by atoms with Crippen molar-refractivity contribution in [3.63, 3.8) is 0 Å². The van der Waals surface area contributed by atoms with E-state index >= 15 is 0 Å². The lowest BCUT2D eigenvalue weighted by molar-refractivity contribution is -0.914. The SMILES string of the molecule is O=[N+]([O-])c1ccc(N2CC[NH+](Cc3cc(-c4ccco4)on3)CC2)cc1. The molecule has 4 rings (SSSR count). The first kappa shape index (κ1) is 16.3. The van der Waals surface area contributed by atoms with Gasteiger partial charge in [-0.3, -0.25) is 10.1 Å². The number of anilines is 1. The largest absolute Gasteiger partial charge is 0.461 e. The molecule has 0 unspecified atom stereocenters. The minimum atomic E-state index is -0.374. The summed E-state index contributed by atoms with van der Waals surface area (Å²) in [5.41, 5.74) is 2.06. The van der Waals surface area contributed by atoms with Gasteiger partial charge in [-0.2, -0.15) is 0 Å². The predicted molar refractivity (Wildman–Crippen MR) is 93.9 cm³/mol. The molecule has 2 aromatic heterocycles. The van der Waals surface area contributed by atoms with E-state index < -0.39 is 0 Å². The molecule has 1 aliphatic rings. The van der Waals surface area contributed by atoms with Crippen LogP contribution in [0.4, 0.5) is 11.4 Å². The smallest absolute Gasteiger partial charge is 0.269 e. The number of benzene rings is 1. The first-order valence-corrected chi connectivity index (χ1v) is 8.51. The number of rotatable bonds is 5. The second-order valence-electron chi connectivity index (χ2n) is 6.35. The molecule has 0 saturated carbocycles. The molecule has 26 heavy (non-hydrogen) atoms. The van der Waals surface area contributed by atoms with Crippen LogP contribution >= 0.6 is 0 Å². The van der Waals surface area contributed by atoms with Gasteiger partial charge in [-0.15, -0.1) is 0 Å². The molecular weight excluding hydrogens is 336 g/mol. The number of nitro groups is 1. The van der Waals surface area contributed by atoms with Gasteiger partial charge in [0.1, 0.15) is 12.2 Å². The van der Waals surface area contributed by atoms with E-state index in [1.807, 2.05) is 30.3 Å². The molecule has 3 aromatic rings. The number of hydrogen-bond acceptors (Lipinski definition) is 6. The Kier molecular flexibility index (Phi) is 4.40. The van der Waals surface area contributed by atoms with Crippen molar-refractivity contribution >= 4 is 11.4 Å². The molecule has 8 heteroatoms. The van der Waals surface area contributed by atoms with Gasteiger partial charge < -0.3 is 18.7 Å². The van der Waals surface area contributed by atoms with E-state index in [1.54, 1.807) is 18.4 Å². The van der Waals surface area contributed by atoms with E-state index in [1.165, 1.54) is 4.90 Å². The zero-order valence-corrected chi connectivity index (χ0v) is 14.1. The highest BCUT2D eigenvalue weighted by molar-refractivity contribution is 5.51. The second-order valence-corrected chi connectivity index (χ2v) is 6.35. The molecule has 0 bridgehead atoms. The van der Waals surface area contributed by atoms with Crippen molar-refractivity contribution in [3.8, 4) is 11.5 Å². The molecule has 1 fully saturated rings. The second kappa shape index (κ2) is 7.01. The molecule has 1 aromatic carbocycles. The van der Waals surface area contributed by atoms with Crippen LogP contribution in [0, 0.1) is 10.1 Å². The van der Waals surface area contributed by atoms with E-state index in [-0.39, 0.29) is 10.6 Å². The molecule has 134 valence electrons. The topological polar surface area (TPSA) is 90.0 Å². The van der Waals surface area contributed by atoms with Gasteiger partial charge in [-0.25, -0.2) is 0 Å². The van der Waals surface area contributed by atoms with Crippen LogP contribution in [-0.2, 0) is 6.54 Å². The lowest BCUT2D eigenvalue weighted by Gasteiger charge is -2.33. The van der Waals surface area contributed by atoms with Crippen LogP contribution in [0.25, 0.3) is 11.5 Å². The van der Waals surface area contributed by atoms with Gasteiger partial charge in [0.15, 0.2) is 5.76 Å². The Balaban J connectivity index is 1.33. The van der Waals surface area contributed by atoms with Gasteiger partial charge in [-0.05, 0) is 24.3 Å². The number of nitro benzene ring substituents is 1. The molecule has 3 heterocycles. The molecule has 8 nitrogen and oxygen atoms in total. The summed E-state index contributed by atoms with van der Waals surface area (Å²) in [6.45, 7) is 4.55.